The summed E-state index contributed by atoms with van der Waals surface area (Å²) in [6.45, 7) is 2.05. The summed E-state index contributed by atoms with van der Waals surface area (Å²) >= 11 is 0. The number of hydrogen-bond donors (Lipinski definition) is 2. The second kappa shape index (κ2) is 7.90. The van der Waals surface area contributed by atoms with Crippen molar-refractivity contribution < 1.29 is 9.18 Å². The molecule has 1 saturated carbocycles. The SMILES string of the molecule is CCC1(N)CC1c1ccc(NC(=O)Cc2cccc3ccccc23)c(F)c1.Cl. The van der Waals surface area contributed by atoms with Gasteiger partial charge in [-0.1, -0.05) is 55.5 Å². The van der Waals surface area contributed by atoms with E-state index in [1.165, 1.54) is 6.07 Å². The first-order valence-electron chi connectivity index (χ1n) is 9.35. The molecule has 0 saturated heterocycles. The van der Waals surface area contributed by atoms with Crippen LogP contribution in [0.15, 0.2) is 60.7 Å². The van der Waals surface area contributed by atoms with Crippen molar-refractivity contribution in [1.82, 2.24) is 0 Å². The standard InChI is InChI=1S/C23H23FN2O.ClH/c1-2-23(25)14-19(23)17-10-11-21(20(24)12-17)26-22(27)13-16-8-5-7-15-6-3-4-9-18(15)16;/h3-12,19H,2,13-14,25H2,1H3,(H,26,27);1H. The van der Waals surface area contributed by atoms with E-state index in [1.54, 1.807) is 6.07 Å². The van der Waals surface area contributed by atoms with Crippen LogP contribution < -0.4 is 11.1 Å². The van der Waals surface area contributed by atoms with Crippen LogP contribution in [0, 0.1) is 5.82 Å². The highest BCUT2D eigenvalue weighted by molar-refractivity contribution is 5.96. The van der Waals surface area contributed by atoms with Crippen molar-refractivity contribution in [1.29, 1.82) is 0 Å². The predicted molar refractivity (Wildman–Crippen MR) is 114 cm³/mol. The molecule has 2 unspecified atom stereocenters. The molecule has 1 amide bonds. The molecule has 0 aromatic heterocycles. The Labute approximate surface area is 170 Å². The topological polar surface area (TPSA) is 55.1 Å². The molecule has 3 N–H and O–H groups in total. The molecule has 1 aliphatic carbocycles. The lowest BCUT2D eigenvalue weighted by atomic mass is 10.0. The maximum Gasteiger partial charge on any atom is 0.228 e. The van der Waals surface area contributed by atoms with Crippen molar-refractivity contribution >= 4 is 34.8 Å². The first-order valence-corrected chi connectivity index (χ1v) is 9.35. The lowest BCUT2D eigenvalue weighted by Gasteiger charge is -2.11. The number of carbonyl (C=O) groups excluding carboxylic acids is 1. The highest BCUT2D eigenvalue weighted by Gasteiger charge is 2.50. The van der Waals surface area contributed by atoms with E-state index in [1.807, 2.05) is 48.5 Å². The van der Waals surface area contributed by atoms with Crippen LogP contribution in [0.4, 0.5) is 10.1 Å². The smallest absolute Gasteiger partial charge is 0.228 e. The van der Waals surface area contributed by atoms with Crippen LogP contribution >= 0.6 is 12.4 Å². The molecular formula is C23H24ClFN2O. The number of fused-ring (bicyclic) bond motifs is 1. The number of anilines is 1. The minimum absolute atomic E-state index is 0. The van der Waals surface area contributed by atoms with Crippen molar-refractivity contribution in [2.45, 2.75) is 37.6 Å². The van der Waals surface area contributed by atoms with E-state index < -0.39 is 5.82 Å². The number of hydrogen-bond acceptors (Lipinski definition) is 2. The summed E-state index contributed by atoms with van der Waals surface area (Å²) in [5, 5.41) is 4.83. The summed E-state index contributed by atoms with van der Waals surface area (Å²) in [7, 11) is 0. The zero-order valence-electron chi connectivity index (χ0n) is 15.7. The molecule has 3 aromatic carbocycles. The molecule has 1 fully saturated rings. The number of amides is 1. The van der Waals surface area contributed by atoms with E-state index in [9.17, 15) is 9.18 Å². The molecule has 3 nitrogen and oxygen atoms in total. The summed E-state index contributed by atoms with van der Waals surface area (Å²) in [5.74, 6) is -0.437. The van der Waals surface area contributed by atoms with E-state index >= 15 is 0 Å². The Morgan fingerprint density at radius 3 is 2.64 bits per heavy atom. The van der Waals surface area contributed by atoms with Gasteiger partial charge in [0.15, 0.2) is 0 Å². The van der Waals surface area contributed by atoms with Gasteiger partial charge in [0.1, 0.15) is 5.82 Å². The van der Waals surface area contributed by atoms with Gasteiger partial charge in [-0.3, -0.25) is 4.79 Å². The molecule has 28 heavy (non-hydrogen) atoms. The molecule has 5 heteroatoms. The highest BCUT2D eigenvalue weighted by atomic mass is 35.5. The van der Waals surface area contributed by atoms with Crippen LogP contribution in [-0.2, 0) is 11.2 Å². The molecule has 146 valence electrons. The maximum atomic E-state index is 14.5. The lowest BCUT2D eigenvalue weighted by molar-refractivity contribution is -0.115. The zero-order valence-corrected chi connectivity index (χ0v) is 16.6. The quantitative estimate of drug-likeness (QED) is 0.622. The summed E-state index contributed by atoms with van der Waals surface area (Å²) in [6, 6.07) is 18.8. The van der Waals surface area contributed by atoms with Crippen molar-refractivity contribution in [2.75, 3.05) is 5.32 Å². The first kappa shape index (κ1) is 20.3. The van der Waals surface area contributed by atoms with Crippen LogP contribution in [0.5, 0.6) is 0 Å². The number of carbonyl (C=O) groups is 1. The van der Waals surface area contributed by atoms with E-state index in [-0.39, 0.29) is 41.9 Å². The van der Waals surface area contributed by atoms with Crippen molar-refractivity contribution in [3.05, 3.63) is 77.6 Å². The third-order valence-electron chi connectivity index (χ3n) is 5.68. The molecule has 0 radical (unpaired) electrons. The average molecular weight is 399 g/mol. The molecule has 4 rings (SSSR count). The van der Waals surface area contributed by atoms with Crippen LogP contribution in [0.2, 0.25) is 0 Å². The Morgan fingerprint density at radius 2 is 1.93 bits per heavy atom. The normalized spacial score (nSPS) is 20.5. The van der Waals surface area contributed by atoms with Crippen LogP contribution in [0.1, 0.15) is 36.8 Å². The number of benzene rings is 3. The second-order valence-corrected chi connectivity index (χ2v) is 7.45. The molecule has 0 aliphatic heterocycles. The summed E-state index contributed by atoms with van der Waals surface area (Å²) in [5.41, 5.74) is 8.07. The van der Waals surface area contributed by atoms with Gasteiger partial charge in [-0.05, 0) is 46.9 Å². The van der Waals surface area contributed by atoms with Crippen LogP contribution in [0.25, 0.3) is 10.8 Å². The Bertz CT molecular complexity index is 1020. The maximum absolute atomic E-state index is 14.5. The van der Waals surface area contributed by atoms with Gasteiger partial charge >= 0.3 is 0 Å². The van der Waals surface area contributed by atoms with Gasteiger partial charge in [-0.15, -0.1) is 12.4 Å². The molecule has 1 aliphatic rings. The number of nitrogens with one attached hydrogen (secondary N) is 1. The average Bonchev–Trinajstić information content (AvgIpc) is 3.36. The zero-order chi connectivity index (χ0) is 19.0. The largest absolute Gasteiger partial charge is 0.325 e. The van der Waals surface area contributed by atoms with Gasteiger partial charge in [0, 0.05) is 11.5 Å². The number of nitrogens with two attached hydrogens (primary N) is 1. The van der Waals surface area contributed by atoms with Gasteiger partial charge in [-0.2, -0.15) is 0 Å². The minimum atomic E-state index is -0.413. The molecule has 0 heterocycles. The van der Waals surface area contributed by atoms with Crippen molar-refractivity contribution in [2.24, 2.45) is 5.73 Å². The Balaban J connectivity index is 0.00000225. The Kier molecular flexibility index (Phi) is 5.73. The molecule has 2 atom stereocenters. The van der Waals surface area contributed by atoms with Gasteiger partial charge in [0.25, 0.3) is 0 Å². The third-order valence-corrected chi connectivity index (χ3v) is 5.68. The fraction of sp³-hybridized carbons (Fsp3) is 0.261. The Hall–Kier alpha value is -2.43. The molecular weight excluding hydrogens is 375 g/mol. The first-order chi connectivity index (χ1) is 13.0. The monoisotopic (exact) mass is 398 g/mol. The van der Waals surface area contributed by atoms with Gasteiger partial charge in [0.2, 0.25) is 5.91 Å². The van der Waals surface area contributed by atoms with Crippen LogP contribution in [-0.4, -0.2) is 11.4 Å². The fourth-order valence-electron chi connectivity index (χ4n) is 3.83. The summed E-state index contributed by atoms with van der Waals surface area (Å²) in [6.07, 6.45) is 1.96. The van der Waals surface area contributed by atoms with Crippen LogP contribution in [0.3, 0.4) is 0 Å². The third kappa shape index (κ3) is 3.89. The van der Waals surface area contributed by atoms with E-state index in [2.05, 4.69) is 12.2 Å². The summed E-state index contributed by atoms with van der Waals surface area (Å²) < 4.78 is 14.5. The predicted octanol–water partition coefficient (Wildman–Crippen LogP) is 5.18. The van der Waals surface area contributed by atoms with Gasteiger partial charge < -0.3 is 11.1 Å². The van der Waals surface area contributed by atoms with E-state index in [4.69, 9.17) is 5.73 Å². The van der Waals surface area contributed by atoms with E-state index in [0.717, 1.165) is 34.7 Å². The molecule has 0 spiro atoms. The lowest BCUT2D eigenvalue weighted by Crippen LogP contribution is -2.22. The molecule has 0 bridgehead atoms. The number of halogens is 2. The Morgan fingerprint density at radius 1 is 1.18 bits per heavy atom. The van der Waals surface area contributed by atoms with Crippen molar-refractivity contribution in [3.63, 3.8) is 0 Å². The second-order valence-electron chi connectivity index (χ2n) is 7.45. The summed E-state index contributed by atoms with van der Waals surface area (Å²) in [4.78, 5) is 12.5. The highest BCUT2D eigenvalue weighted by Crippen LogP contribution is 2.51. The van der Waals surface area contributed by atoms with Gasteiger partial charge in [-0.25, -0.2) is 4.39 Å². The number of rotatable bonds is 5. The van der Waals surface area contributed by atoms with E-state index in [0.29, 0.717) is 0 Å². The minimum Gasteiger partial charge on any atom is -0.325 e. The van der Waals surface area contributed by atoms with Crippen molar-refractivity contribution in [3.8, 4) is 0 Å². The fourth-order valence-corrected chi connectivity index (χ4v) is 3.83. The molecule has 3 aromatic rings. The van der Waals surface area contributed by atoms with Gasteiger partial charge in [0.05, 0.1) is 12.1 Å².